The molecule has 2 aromatic rings. The van der Waals surface area contributed by atoms with Crippen LogP contribution in [0.15, 0.2) is 23.0 Å². The summed E-state index contributed by atoms with van der Waals surface area (Å²) >= 11 is 1.76. The van der Waals surface area contributed by atoms with Crippen molar-refractivity contribution in [2.24, 2.45) is 0 Å². The minimum Gasteiger partial charge on any atom is -0.472 e. The minimum atomic E-state index is 0.323. The van der Waals surface area contributed by atoms with Crippen LogP contribution in [0.3, 0.4) is 0 Å². The van der Waals surface area contributed by atoms with Crippen molar-refractivity contribution in [1.29, 1.82) is 0 Å². The Labute approximate surface area is 99.5 Å². The smallest absolute Gasteiger partial charge is 0.0935 e. The molecule has 0 aromatic carbocycles. The van der Waals surface area contributed by atoms with Gasteiger partial charge in [-0.1, -0.05) is 0 Å². The number of rotatable bonds is 4. The van der Waals surface area contributed by atoms with Crippen LogP contribution in [-0.4, -0.2) is 12.0 Å². The molecule has 1 atom stereocenters. The summed E-state index contributed by atoms with van der Waals surface area (Å²) in [6, 6.07) is 2.33. The molecule has 3 nitrogen and oxygen atoms in total. The van der Waals surface area contributed by atoms with Gasteiger partial charge in [0.2, 0.25) is 0 Å². The molecule has 0 amide bonds. The van der Waals surface area contributed by atoms with E-state index in [4.69, 9.17) is 4.42 Å². The molecule has 0 aliphatic heterocycles. The van der Waals surface area contributed by atoms with Crippen molar-refractivity contribution in [3.63, 3.8) is 0 Å². The first-order valence-electron chi connectivity index (χ1n) is 5.33. The average molecular weight is 236 g/mol. The second-order valence-corrected chi connectivity index (χ2v) is 5.09. The molecule has 1 N–H and O–H groups in total. The van der Waals surface area contributed by atoms with Crippen LogP contribution < -0.4 is 5.32 Å². The third-order valence-electron chi connectivity index (χ3n) is 2.62. The zero-order valence-electron chi connectivity index (χ0n) is 9.78. The van der Waals surface area contributed by atoms with Crippen LogP contribution in [0.1, 0.15) is 27.2 Å². The van der Waals surface area contributed by atoms with Crippen molar-refractivity contribution in [2.75, 3.05) is 7.05 Å². The van der Waals surface area contributed by atoms with Crippen LogP contribution in [0.5, 0.6) is 0 Å². The van der Waals surface area contributed by atoms with Crippen molar-refractivity contribution in [3.8, 4) is 0 Å². The predicted octanol–water partition coefficient (Wildman–Crippen LogP) is 2.86. The molecule has 0 aliphatic carbocycles. The fraction of sp³-hybridized carbons (Fsp3) is 0.417. The number of nitrogens with zero attached hydrogens (tertiary/aromatic N) is 1. The first-order chi connectivity index (χ1) is 7.70. The van der Waals surface area contributed by atoms with Crippen molar-refractivity contribution in [3.05, 3.63) is 39.7 Å². The number of nitrogens with one attached hydrogen (secondary N) is 1. The van der Waals surface area contributed by atoms with Gasteiger partial charge in [0.15, 0.2) is 0 Å². The zero-order chi connectivity index (χ0) is 11.5. The highest BCUT2D eigenvalue weighted by molar-refractivity contribution is 7.11. The Morgan fingerprint density at radius 2 is 2.31 bits per heavy atom. The van der Waals surface area contributed by atoms with Gasteiger partial charge in [-0.15, -0.1) is 11.3 Å². The number of furan rings is 1. The Hall–Kier alpha value is -1.13. The molecule has 0 aliphatic rings. The van der Waals surface area contributed by atoms with Crippen molar-refractivity contribution < 1.29 is 4.42 Å². The summed E-state index contributed by atoms with van der Waals surface area (Å²) < 4.78 is 5.09. The van der Waals surface area contributed by atoms with E-state index in [-0.39, 0.29) is 0 Å². The van der Waals surface area contributed by atoms with E-state index in [0.717, 1.165) is 17.1 Å². The lowest BCUT2D eigenvalue weighted by Gasteiger charge is -2.13. The molecule has 0 spiro atoms. The van der Waals surface area contributed by atoms with Gasteiger partial charge in [-0.2, -0.15) is 0 Å². The molecule has 0 saturated carbocycles. The van der Waals surface area contributed by atoms with Crippen LogP contribution in [0, 0.1) is 13.8 Å². The Morgan fingerprint density at radius 1 is 1.50 bits per heavy atom. The van der Waals surface area contributed by atoms with Crippen molar-refractivity contribution >= 4 is 11.3 Å². The second kappa shape index (κ2) is 4.80. The van der Waals surface area contributed by atoms with Crippen LogP contribution in [0.25, 0.3) is 0 Å². The number of likely N-dealkylation sites (N-methyl/N-ethyl adjacent to an activating group) is 1. The maximum atomic E-state index is 5.09. The van der Waals surface area contributed by atoms with Crippen LogP contribution in [-0.2, 0) is 6.42 Å². The van der Waals surface area contributed by atoms with Gasteiger partial charge in [0, 0.05) is 10.9 Å². The first kappa shape index (κ1) is 11.4. The fourth-order valence-corrected chi connectivity index (χ4v) is 2.88. The highest BCUT2D eigenvalue weighted by Gasteiger charge is 2.16. The molecule has 86 valence electrons. The molecular weight excluding hydrogens is 220 g/mol. The quantitative estimate of drug-likeness (QED) is 0.887. The Bertz CT molecular complexity index is 448. The summed E-state index contributed by atoms with van der Waals surface area (Å²) in [6.07, 6.45) is 4.45. The van der Waals surface area contributed by atoms with E-state index in [1.165, 1.54) is 10.4 Å². The van der Waals surface area contributed by atoms with Crippen molar-refractivity contribution in [2.45, 2.75) is 26.3 Å². The summed E-state index contributed by atoms with van der Waals surface area (Å²) in [5.41, 5.74) is 2.34. The lowest BCUT2D eigenvalue weighted by atomic mass is 10.1. The van der Waals surface area contributed by atoms with Crippen LogP contribution in [0.2, 0.25) is 0 Å². The Balaban J connectivity index is 2.19. The van der Waals surface area contributed by atoms with Gasteiger partial charge in [0.25, 0.3) is 0 Å². The second-order valence-electron chi connectivity index (χ2n) is 3.86. The third kappa shape index (κ3) is 2.33. The number of aromatic nitrogens is 1. The van der Waals surface area contributed by atoms with Gasteiger partial charge in [0.1, 0.15) is 0 Å². The summed E-state index contributed by atoms with van der Waals surface area (Å²) in [7, 11) is 1.99. The Morgan fingerprint density at radius 3 is 2.81 bits per heavy atom. The molecule has 2 rings (SSSR count). The molecular formula is C12H16N2OS. The highest BCUT2D eigenvalue weighted by atomic mass is 32.1. The summed E-state index contributed by atoms with van der Waals surface area (Å²) in [5, 5.41) is 4.46. The summed E-state index contributed by atoms with van der Waals surface area (Å²) in [6.45, 7) is 4.12. The molecule has 2 aromatic heterocycles. The molecule has 1 unspecified atom stereocenters. The average Bonchev–Trinajstić information content (AvgIpc) is 2.85. The molecule has 0 fully saturated rings. The number of hydrogen-bond donors (Lipinski definition) is 1. The SMILES string of the molecule is CNC(Cc1ccoc1)c1sc(C)nc1C. The third-order valence-corrected chi connectivity index (χ3v) is 3.81. The first-order valence-corrected chi connectivity index (χ1v) is 6.14. The largest absolute Gasteiger partial charge is 0.472 e. The van der Waals surface area contributed by atoms with E-state index in [1.54, 1.807) is 23.9 Å². The maximum Gasteiger partial charge on any atom is 0.0935 e. The topological polar surface area (TPSA) is 38.1 Å². The Kier molecular flexibility index (Phi) is 3.41. The van der Waals surface area contributed by atoms with E-state index in [1.807, 2.05) is 20.0 Å². The van der Waals surface area contributed by atoms with Gasteiger partial charge in [0.05, 0.1) is 23.2 Å². The van der Waals surface area contributed by atoms with Crippen molar-refractivity contribution in [1.82, 2.24) is 10.3 Å². The van der Waals surface area contributed by atoms with E-state index in [2.05, 4.69) is 17.2 Å². The minimum absolute atomic E-state index is 0.323. The summed E-state index contributed by atoms with van der Waals surface area (Å²) in [4.78, 5) is 5.78. The molecule has 4 heteroatoms. The van der Waals surface area contributed by atoms with Gasteiger partial charge in [-0.25, -0.2) is 4.98 Å². The van der Waals surface area contributed by atoms with Gasteiger partial charge in [-0.3, -0.25) is 0 Å². The van der Waals surface area contributed by atoms with Crippen LogP contribution >= 0.6 is 11.3 Å². The molecule has 0 saturated heterocycles. The van der Waals surface area contributed by atoms with Gasteiger partial charge < -0.3 is 9.73 Å². The number of aryl methyl sites for hydroxylation is 2. The van der Waals surface area contributed by atoms with Gasteiger partial charge in [-0.05, 0) is 38.9 Å². The molecule has 0 bridgehead atoms. The van der Waals surface area contributed by atoms with Crippen LogP contribution in [0.4, 0.5) is 0 Å². The number of hydrogen-bond acceptors (Lipinski definition) is 4. The van der Waals surface area contributed by atoms with E-state index >= 15 is 0 Å². The predicted molar refractivity (Wildman–Crippen MR) is 65.8 cm³/mol. The van der Waals surface area contributed by atoms with Gasteiger partial charge >= 0.3 is 0 Å². The van der Waals surface area contributed by atoms with E-state index in [9.17, 15) is 0 Å². The fourth-order valence-electron chi connectivity index (χ4n) is 1.84. The molecule has 2 heterocycles. The standard InChI is InChI=1S/C12H16N2OS/c1-8-12(16-9(2)14-8)11(13-3)6-10-4-5-15-7-10/h4-5,7,11,13H,6H2,1-3H3. The van der Waals surface area contributed by atoms with E-state index < -0.39 is 0 Å². The lowest BCUT2D eigenvalue weighted by Crippen LogP contribution is -2.18. The highest BCUT2D eigenvalue weighted by Crippen LogP contribution is 2.27. The van der Waals surface area contributed by atoms with E-state index in [0.29, 0.717) is 6.04 Å². The number of thiazole rings is 1. The lowest BCUT2D eigenvalue weighted by molar-refractivity contribution is 0.553. The molecule has 0 radical (unpaired) electrons. The zero-order valence-corrected chi connectivity index (χ0v) is 10.6. The normalized spacial score (nSPS) is 12.9. The summed E-state index contributed by atoms with van der Waals surface area (Å²) in [5.74, 6) is 0. The monoisotopic (exact) mass is 236 g/mol. The maximum absolute atomic E-state index is 5.09. The molecule has 16 heavy (non-hydrogen) atoms.